The van der Waals surface area contributed by atoms with E-state index in [-0.39, 0.29) is 11.6 Å². The van der Waals surface area contributed by atoms with E-state index in [4.69, 9.17) is 4.74 Å². The third kappa shape index (κ3) is 6.01. The van der Waals surface area contributed by atoms with Gasteiger partial charge in [-0.25, -0.2) is 5.43 Å². The summed E-state index contributed by atoms with van der Waals surface area (Å²) in [6.07, 6.45) is 1.70. The van der Waals surface area contributed by atoms with Crippen LogP contribution in [-0.2, 0) is 4.74 Å². The first-order valence-corrected chi connectivity index (χ1v) is 11.0. The Labute approximate surface area is 197 Å². The Balaban J connectivity index is 1.53. The van der Waals surface area contributed by atoms with E-state index in [9.17, 15) is 10.1 Å². The molecule has 1 fully saturated rings. The second kappa shape index (κ2) is 10.7. The van der Waals surface area contributed by atoms with Crippen LogP contribution in [0.1, 0.15) is 30.9 Å². The number of ether oxygens (including phenoxy) is 1. The highest BCUT2D eigenvalue weighted by Gasteiger charge is 2.17. The van der Waals surface area contributed by atoms with Crippen LogP contribution in [0, 0.1) is 10.1 Å². The van der Waals surface area contributed by atoms with Gasteiger partial charge in [-0.05, 0) is 29.2 Å². The van der Waals surface area contributed by atoms with Crippen LogP contribution < -0.4 is 15.6 Å². The van der Waals surface area contributed by atoms with Crippen LogP contribution in [0.4, 0.5) is 29.2 Å². The minimum Gasteiger partial charge on any atom is -0.378 e. The SMILES string of the molecule is CC(C)c1ccc(/C=N/Nc2nc(Nc3ccc([N+](=O)[O-])cc3)nc(N3CCOCC3)n2)cc1. The van der Waals surface area contributed by atoms with Gasteiger partial charge in [-0.2, -0.15) is 20.1 Å². The van der Waals surface area contributed by atoms with Gasteiger partial charge in [0.25, 0.3) is 5.69 Å². The van der Waals surface area contributed by atoms with Gasteiger partial charge in [0, 0.05) is 30.9 Å². The second-order valence-corrected chi connectivity index (χ2v) is 8.00. The van der Waals surface area contributed by atoms with Gasteiger partial charge >= 0.3 is 0 Å². The molecule has 1 aliphatic heterocycles. The molecule has 1 aliphatic rings. The minimum atomic E-state index is -0.445. The highest BCUT2D eigenvalue weighted by atomic mass is 16.6. The van der Waals surface area contributed by atoms with Crippen LogP contribution >= 0.6 is 0 Å². The molecule has 34 heavy (non-hydrogen) atoms. The van der Waals surface area contributed by atoms with E-state index >= 15 is 0 Å². The fourth-order valence-electron chi connectivity index (χ4n) is 3.30. The Morgan fingerprint density at radius 1 is 1.03 bits per heavy atom. The summed E-state index contributed by atoms with van der Waals surface area (Å²) < 4.78 is 5.42. The first-order valence-electron chi connectivity index (χ1n) is 11.0. The molecule has 2 N–H and O–H groups in total. The molecule has 0 saturated carbocycles. The molecule has 0 aliphatic carbocycles. The lowest BCUT2D eigenvalue weighted by Crippen LogP contribution is -2.37. The van der Waals surface area contributed by atoms with Crippen molar-refractivity contribution >= 4 is 35.4 Å². The zero-order valence-electron chi connectivity index (χ0n) is 19.0. The van der Waals surface area contributed by atoms with Gasteiger partial charge in [0.1, 0.15) is 0 Å². The predicted molar refractivity (Wildman–Crippen MR) is 131 cm³/mol. The van der Waals surface area contributed by atoms with Crippen molar-refractivity contribution in [1.29, 1.82) is 0 Å². The lowest BCUT2D eigenvalue weighted by atomic mass is 10.0. The summed E-state index contributed by atoms with van der Waals surface area (Å²) in [7, 11) is 0. The number of nitrogens with zero attached hydrogens (tertiary/aromatic N) is 6. The summed E-state index contributed by atoms with van der Waals surface area (Å²) in [6.45, 7) is 6.80. The largest absolute Gasteiger partial charge is 0.378 e. The Hall–Kier alpha value is -4.12. The van der Waals surface area contributed by atoms with Crippen LogP contribution in [0.2, 0.25) is 0 Å². The molecule has 0 spiro atoms. The lowest BCUT2D eigenvalue weighted by molar-refractivity contribution is -0.384. The molecule has 0 amide bonds. The van der Waals surface area contributed by atoms with Crippen molar-refractivity contribution in [2.24, 2.45) is 5.10 Å². The maximum Gasteiger partial charge on any atom is 0.269 e. The van der Waals surface area contributed by atoms with Crippen molar-refractivity contribution in [2.75, 3.05) is 41.9 Å². The van der Waals surface area contributed by atoms with Crippen molar-refractivity contribution in [3.63, 3.8) is 0 Å². The maximum atomic E-state index is 10.9. The van der Waals surface area contributed by atoms with E-state index in [1.165, 1.54) is 17.7 Å². The highest BCUT2D eigenvalue weighted by Crippen LogP contribution is 2.21. The van der Waals surface area contributed by atoms with Gasteiger partial charge in [-0.3, -0.25) is 10.1 Å². The van der Waals surface area contributed by atoms with Crippen molar-refractivity contribution in [2.45, 2.75) is 19.8 Å². The smallest absolute Gasteiger partial charge is 0.269 e. The number of rotatable bonds is 8. The quantitative estimate of drug-likeness (QED) is 0.290. The van der Waals surface area contributed by atoms with Crippen LogP contribution in [0.15, 0.2) is 53.6 Å². The zero-order valence-corrected chi connectivity index (χ0v) is 19.0. The van der Waals surface area contributed by atoms with Gasteiger partial charge in [-0.15, -0.1) is 0 Å². The molecule has 2 aromatic carbocycles. The molecular formula is C23H26N8O3. The van der Waals surface area contributed by atoms with E-state index in [1.54, 1.807) is 18.3 Å². The monoisotopic (exact) mass is 462 g/mol. The zero-order chi connectivity index (χ0) is 23.9. The molecule has 0 bridgehead atoms. The molecule has 1 saturated heterocycles. The molecule has 4 rings (SSSR count). The highest BCUT2D eigenvalue weighted by molar-refractivity contribution is 5.80. The van der Waals surface area contributed by atoms with Gasteiger partial charge in [-0.1, -0.05) is 38.1 Å². The average molecular weight is 463 g/mol. The molecule has 1 aromatic heterocycles. The van der Waals surface area contributed by atoms with Gasteiger partial charge < -0.3 is 15.0 Å². The summed E-state index contributed by atoms with van der Waals surface area (Å²) in [6, 6.07) is 14.2. The molecular weight excluding hydrogens is 436 g/mol. The third-order valence-electron chi connectivity index (χ3n) is 5.23. The fourth-order valence-corrected chi connectivity index (χ4v) is 3.30. The van der Waals surface area contributed by atoms with Crippen molar-refractivity contribution < 1.29 is 9.66 Å². The van der Waals surface area contributed by atoms with E-state index in [0.717, 1.165) is 5.56 Å². The number of benzene rings is 2. The first-order chi connectivity index (χ1) is 16.5. The predicted octanol–water partition coefficient (Wildman–Crippen LogP) is 3.93. The lowest BCUT2D eigenvalue weighted by Gasteiger charge is -2.27. The van der Waals surface area contributed by atoms with Gasteiger partial charge in [0.2, 0.25) is 17.8 Å². The van der Waals surface area contributed by atoms with Crippen molar-refractivity contribution in [3.05, 3.63) is 69.8 Å². The van der Waals surface area contributed by atoms with E-state index < -0.39 is 4.92 Å². The number of hydrazone groups is 1. The molecule has 2 heterocycles. The Bertz CT molecular complexity index is 1140. The number of anilines is 4. The third-order valence-corrected chi connectivity index (χ3v) is 5.23. The van der Waals surface area contributed by atoms with Crippen molar-refractivity contribution in [3.8, 4) is 0 Å². The average Bonchev–Trinajstić information content (AvgIpc) is 2.85. The summed E-state index contributed by atoms with van der Waals surface area (Å²) in [5.74, 6) is 1.52. The van der Waals surface area contributed by atoms with Crippen LogP contribution in [0.25, 0.3) is 0 Å². The number of nitrogens with one attached hydrogen (secondary N) is 2. The number of morpholine rings is 1. The minimum absolute atomic E-state index is 0.00771. The van der Waals surface area contributed by atoms with E-state index in [0.29, 0.717) is 49.8 Å². The number of hydrogen-bond acceptors (Lipinski definition) is 10. The topological polar surface area (TPSA) is 131 Å². The molecule has 176 valence electrons. The van der Waals surface area contributed by atoms with Crippen molar-refractivity contribution in [1.82, 2.24) is 15.0 Å². The van der Waals surface area contributed by atoms with Crippen LogP contribution in [0.3, 0.4) is 0 Å². The van der Waals surface area contributed by atoms with Gasteiger partial charge in [0.15, 0.2) is 0 Å². The normalized spacial score (nSPS) is 13.9. The molecule has 0 radical (unpaired) electrons. The Morgan fingerprint density at radius 2 is 1.71 bits per heavy atom. The number of non-ortho nitro benzene ring substituents is 1. The first kappa shape index (κ1) is 23.1. The molecule has 11 heteroatoms. The molecule has 3 aromatic rings. The molecule has 0 atom stereocenters. The number of nitro benzene ring substituents is 1. The fraction of sp³-hybridized carbons (Fsp3) is 0.304. The molecule has 11 nitrogen and oxygen atoms in total. The van der Waals surface area contributed by atoms with Gasteiger partial charge in [0.05, 0.1) is 24.4 Å². The van der Waals surface area contributed by atoms with Crippen LogP contribution in [-0.4, -0.2) is 52.4 Å². The molecule has 0 unspecified atom stereocenters. The standard InChI is InChI=1S/C23H26N8O3/c1-16(2)18-5-3-17(4-6-18)15-24-29-22-26-21(25-19-7-9-20(10-8-19)31(32)33)27-23(28-22)30-11-13-34-14-12-30/h3-10,15-16H,11-14H2,1-2H3,(H2,25,26,27,28,29)/b24-15+. The Morgan fingerprint density at radius 3 is 2.35 bits per heavy atom. The van der Waals surface area contributed by atoms with Crippen LogP contribution in [0.5, 0.6) is 0 Å². The summed E-state index contributed by atoms with van der Waals surface area (Å²) in [5, 5.41) is 18.3. The maximum absolute atomic E-state index is 10.9. The number of hydrogen-bond donors (Lipinski definition) is 2. The number of aromatic nitrogens is 3. The summed E-state index contributed by atoms with van der Waals surface area (Å²) in [5.41, 5.74) is 5.71. The Kier molecular flexibility index (Phi) is 7.23. The summed E-state index contributed by atoms with van der Waals surface area (Å²) >= 11 is 0. The van der Waals surface area contributed by atoms with E-state index in [1.807, 2.05) is 17.0 Å². The number of nitro groups is 1. The second-order valence-electron chi connectivity index (χ2n) is 8.00. The summed E-state index contributed by atoms with van der Waals surface area (Å²) in [4.78, 5) is 25.9. The van der Waals surface area contributed by atoms with E-state index in [2.05, 4.69) is 56.8 Å².